The largest absolute Gasteiger partial charge is 0.494 e. The van der Waals surface area contributed by atoms with Crippen molar-refractivity contribution in [1.29, 1.82) is 0 Å². The molecule has 0 aromatic rings. The zero-order valence-electron chi connectivity index (χ0n) is 9.86. The lowest BCUT2D eigenvalue weighted by atomic mass is 10.3. The third-order valence-electron chi connectivity index (χ3n) is 2.02. The Kier molecular flexibility index (Phi) is 5.92. The second kappa shape index (κ2) is 7.54. The van der Waals surface area contributed by atoms with Crippen molar-refractivity contribution in [2.75, 3.05) is 26.4 Å². The van der Waals surface area contributed by atoms with Crippen molar-refractivity contribution in [3.63, 3.8) is 0 Å². The van der Waals surface area contributed by atoms with Crippen LogP contribution in [0.5, 0.6) is 0 Å². The lowest BCUT2D eigenvalue weighted by Crippen LogP contribution is -2.29. The minimum atomic E-state index is -0.325. The predicted octanol–water partition coefficient (Wildman–Crippen LogP) is 0.334. The SMILES string of the molecule is CCOC(=O)CCCNC(=O)C1=COCCO1. The fraction of sp³-hybridized carbons (Fsp3) is 0.636. The number of hydrogen-bond donors (Lipinski definition) is 1. The average Bonchev–Trinajstić information content (AvgIpc) is 2.36. The molecule has 0 saturated heterocycles. The van der Waals surface area contributed by atoms with Gasteiger partial charge in [0.05, 0.1) is 6.61 Å². The summed E-state index contributed by atoms with van der Waals surface area (Å²) in [7, 11) is 0. The maximum atomic E-state index is 11.5. The van der Waals surface area contributed by atoms with Gasteiger partial charge in [0, 0.05) is 13.0 Å². The summed E-state index contributed by atoms with van der Waals surface area (Å²) in [4.78, 5) is 22.5. The van der Waals surface area contributed by atoms with Crippen LogP contribution in [0.1, 0.15) is 19.8 Å². The first-order valence-electron chi connectivity index (χ1n) is 5.62. The summed E-state index contributed by atoms with van der Waals surface area (Å²) in [5.41, 5.74) is 0. The van der Waals surface area contributed by atoms with Gasteiger partial charge in [-0.25, -0.2) is 0 Å². The van der Waals surface area contributed by atoms with Crippen molar-refractivity contribution in [2.24, 2.45) is 0 Å². The van der Waals surface area contributed by atoms with Gasteiger partial charge < -0.3 is 19.5 Å². The molecule has 6 heteroatoms. The van der Waals surface area contributed by atoms with E-state index in [1.807, 2.05) is 0 Å². The normalized spacial score (nSPS) is 14.1. The standard InChI is InChI=1S/C11H17NO5/c1-2-16-10(13)4-3-5-12-11(14)9-8-15-6-7-17-9/h8H,2-7H2,1H3,(H,12,14). The third kappa shape index (κ3) is 5.24. The molecule has 0 aromatic carbocycles. The Hall–Kier alpha value is -1.72. The Labute approximate surface area is 99.9 Å². The highest BCUT2D eigenvalue weighted by Gasteiger charge is 2.14. The molecule has 1 aliphatic rings. The van der Waals surface area contributed by atoms with E-state index in [1.165, 1.54) is 6.26 Å². The van der Waals surface area contributed by atoms with Crippen molar-refractivity contribution in [3.05, 3.63) is 12.0 Å². The maximum absolute atomic E-state index is 11.5. The summed E-state index contributed by atoms with van der Waals surface area (Å²) in [5.74, 6) is -0.404. The first-order chi connectivity index (χ1) is 8.24. The predicted molar refractivity (Wildman–Crippen MR) is 58.9 cm³/mol. The topological polar surface area (TPSA) is 73.9 Å². The minimum absolute atomic E-state index is 0.174. The van der Waals surface area contributed by atoms with Crippen LogP contribution >= 0.6 is 0 Å². The number of esters is 1. The van der Waals surface area contributed by atoms with Crippen molar-refractivity contribution >= 4 is 11.9 Å². The second-order valence-corrected chi connectivity index (χ2v) is 3.37. The van der Waals surface area contributed by atoms with Gasteiger partial charge >= 0.3 is 5.97 Å². The van der Waals surface area contributed by atoms with E-state index < -0.39 is 0 Å². The lowest BCUT2D eigenvalue weighted by Gasteiger charge is -2.14. The Morgan fingerprint density at radius 2 is 2.29 bits per heavy atom. The van der Waals surface area contributed by atoms with E-state index >= 15 is 0 Å². The zero-order chi connectivity index (χ0) is 12.5. The van der Waals surface area contributed by atoms with Gasteiger partial charge in [0.1, 0.15) is 19.5 Å². The van der Waals surface area contributed by atoms with Crippen molar-refractivity contribution in [3.8, 4) is 0 Å². The molecular formula is C11H17NO5. The average molecular weight is 243 g/mol. The Morgan fingerprint density at radius 1 is 1.47 bits per heavy atom. The monoisotopic (exact) mass is 243 g/mol. The maximum Gasteiger partial charge on any atom is 0.305 e. The van der Waals surface area contributed by atoms with Crippen LogP contribution < -0.4 is 5.32 Å². The van der Waals surface area contributed by atoms with Crippen LogP contribution in [0.2, 0.25) is 0 Å². The van der Waals surface area contributed by atoms with Crippen LogP contribution in [0.25, 0.3) is 0 Å². The van der Waals surface area contributed by atoms with Crippen LogP contribution in [0.3, 0.4) is 0 Å². The molecule has 0 unspecified atom stereocenters. The molecule has 0 aliphatic carbocycles. The summed E-state index contributed by atoms with van der Waals surface area (Å²) >= 11 is 0. The fourth-order valence-electron chi connectivity index (χ4n) is 1.24. The molecule has 0 saturated carbocycles. The Balaban J connectivity index is 2.12. The highest BCUT2D eigenvalue weighted by Crippen LogP contribution is 2.03. The molecule has 0 fully saturated rings. The van der Waals surface area contributed by atoms with Gasteiger partial charge in [-0.15, -0.1) is 0 Å². The molecule has 1 amide bonds. The smallest absolute Gasteiger partial charge is 0.305 e. The van der Waals surface area contributed by atoms with Crippen LogP contribution in [-0.4, -0.2) is 38.2 Å². The Morgan fingerprint density at radius 3 is 2.94 bits per heavy atom. The van der Waals surface area contributed by atoms with Crippen LogP contribution in [0, 0.1) is 0 Å². The number of amides is 1. The number of nitrogens with one attached hydrogen (secondary N) is 1. The first kappa shape index (κ1) is 13.3. The van der Waals surface area contributed by atoms with Crippen molar-refractivity contribution in [1.82, 2.24) is 5.32 Å². The molecule has 1 heterocycles. The van der Waals surface area contributed by atoms with Crippen molar-refractivity contribution in [2.45, 2.75) is 19.8 Å². The summed E-state index contributed by atoms with van der Waals surface area (Å²) in [6.07, 6.45) is 2.13. The molecule has 1 rings (SSSR count). The first-order valence-corrected chi connectivity index (χ1v) is 5.62. The fourth-order valence-corrected chi connectivity index (χ4v) is 1.24. The number of carbonyl (C=O) groups is 2. The molecule has 0 radical (unpaired) electrons. The van der Waals surface area contributed by atoms with Gasteiger partial charge in [0.2, 0.25) is 5.76 Å². The van der Waals surface area contributed by atoms with Crippen LogP contribution in [0.4, 0.5) is 0 Å². The molecule has 0 spiro atoms. The van der Waals surface area contributed by atoms with E-state index in [1.54, 1.807) is 6.92 Å². The van der Waals surface area contributed by atoms with E-state index in [-0.39, 0.29) is 17.6 Å². The van der Waals surface area contributed by atoms with Gasteiger partial charge in [-0.05, 0) is 13.3 Å². The van der Waals surface area contributed by atoms with E-state index in [4.69, 9.17) is 14.2 Å². The second-order valence-electron chi connectivity index (χ2n) is 3.37. The molecule has 0 aromatic heterocycles. The van der Waals surface area contributed by atoms with Crippen LogP contribution in [-0.2, 0) is 23.8 Å². The summed E-state index contributed by atoms with van der Waals surface area (Å²) < 4.78 is 14.8. The van der Waals surface area contributed by atoms with E-state index in [9.17, 15) is 9.59 Å². The lowest BCUT2D eigenvalue weighted by molar-refractivity contribution is -0.143. The zero-order valence-corrected chi connectivity index (χ0v) is 9.86. The number of carbonyl (C=O) groups excluding carboxylic acids is 2. The number of hydrogen-bond acceptors (Lipinski definition) is 5. The van der Waals surface area contributed by atoms with E-state index in [0.717, 1.165) is 0 Å². The van der Waals surface area contributed by atoms with Gasteiger partial charge in [-0.3, -0.25) is 9.59 Å². The van der Waals surface area contributed by atoms with Gasteiger partial charge in [-0.2, -0.15) is 0 Å². The summed E-state index contributed by atoms with van der Waals surface area (Å²) in [6.45, 7) is 3.37. The summed E-state index contributed by atoms with van der Waals surface area (Å²) in [6, 6.07) is 0. The highest BCUT2D eigenvalue weighted by molar-refractivity contribution is 5.91. The molecule has 96 valence electrons. The molecule has 6 nitrogen and oxygen atoms in total. The highest BCUT2D eigenvalue weighted by atomic mass is 16.6. The van der Waals surface area contributed by atoms with E-state index in [2.05, 4.69) is 5.32 Å². The Bertz CT molecular complexity index is 300. The van der Waals surface area contributed by atoms with E-state index in [0.29, 0.717) is 39.2 Å². The number of rotatable bonds is 6. The molecular weight excluding hydrogens is 226 g/mol. The minimum Gasteiger partial charge on any atom is -0.494 e. The molecule has 1 aliphatic heterocycles. The summed E-state index contributed by atoms with van der Waals surface area (Å²) in [5, 5.41) is 2.63. The van der Waals surface area contributed by atoms with Gasteiger partial charge in [0.25, 0.3) is 5.91 Å². The molecule has 0 atom stereocenters. The van der Waals surface area contributed by atoms with Crippen LogP contribution in [0.15, 0.2) is 12.0 Å². The molecule has 1 N–H and O–H groups in total. The third-order valence-corrected chi connectivity index (χ3v) is 2.02. The molecule has 17 heavy (non-hydrogen) atoms. The quantitative estimate of drug-likeness (QED) is 0.537. The molecule has 0 bridgehead atoms. The van der Waals surface area contributed by atoms with Crippen molar-refractivity contribution < 1.29 is 23.8 Å². The van der Waals surface area contributed by atoms with Gasteiger partial charge in [0.15, 0.2) is 0 Å². The van der Waals surface area contributed by atoms with Gasteiger partial charge in [-0.1, -0.05) is 0 Å². The number of ether oxygens (including phenoxy) is 3.